The van der Waals surface area contributed by atoms with E-state index in [1.807, 2.05) is 6.07 Å². The van der Waals surface area contributed by atoms with Gasteiger partial charge >= 0.3 is 0 Å². The van der Waals surface area contributed by atoms with E-state index in [-0.39, 0.29) is 5.82 Å². The molecule has 0 unspecified atom stereocenters. The standard InChI is InChI=1S/C4H4N4/c5-1-3-2-7-8-4(3)6/h2,6H2. The maximum atomic E-state index is 8.23. The zero-order valence-electron chi connectivity index (χ0n) is 4.13. The molecule has 0 aromatic carbocycles. The van der Waals surface area contributed by atoms with E-state index in [9.17, 15) is 0 Å². The van der Waals surface area contributed by atoms with Crippen LogP contribution in [0.15, 0.2) is 21.6 Å². The fraction of sp³-hybridized carbons (Fsp3) is 0.250. The summed E-state index contributed by atoms with van der Waals surface area (Å²) in [7, 11) is 0. The number of nitriles is 1. The highest BCUT2D eigenvalue weighted by Gasteiger charge is 2.05. The summed E-state index contributed by atoms with van der Waals surface area (Å²) in [4.78, 5) is 0. The summed E-state index contributed by atoms with van der Waals surface area (Å²) in [6.45, 7) is 0.350. The van der Waals surface area contributed by atoms with E-state index in [1.54, 1.807) is 0 Å². The molecule has 1 aliphatic heterocycles. The van der Waals surface area contributed by atoms with Gasteiger partial charge in [-0.3, -0.25) is 0 Å². The van der Waals surface area contributed by atoms with Crippen LogP contribution in [0.25, 0.3) is 0 Å². The van der Waals surface area contributed by atoms with Gasteiger partial charge in [0, 0.05) is 0 Å². The SMILES string of the molecule is N#CC1=C(N)N=NC1. The molecule has 0 amide bonds. The first-order valence-corrected chi connectivity index (χ1v) is 2.11. The number of azo groups is 1. The second kappa shape index (κ2) is 1.62. The predicted octanol–water partition coefficient (Wildman–Crippen LogP) is 0.146. The Morgan fingerprint density at radius 1 is 1.75 bits per heavy atom. The summed E-state index contributed by atoms with van der Waals surface area (Å²) >= 11 is 0. The lowest BCUT2D eigenvalue weighted by Crippen LogP contribution is -1.94. The van der Waals surface area contributed by atoms with Crippen molar-refractivity contribution >= 4 is 0 Å². The first-order chi connectivity index (χ1) is 3.84. The van der Waals surface area contributed by atoms with Crippen molar-refractivity contribution in [3.8, 4) is 6.07 Å². The number of rotatable bonds is 0. The Kier molecular flexibility index (Phi) is 0.968. The normalized spacial score (nSPS) is 16.9. The van der Waals surface area contributed by atoms with E-state index in [4.69, 9.17) is 11.0 Å². The Balaban J connectivity index is 2.88. The van der Waals surface area contributed by atoms with Crippen molar-refractivity contribution in [1.82, 2.24) is 0 Å². The van der Waals surface area contributed by atoms with Crippen LogP contribution in [0.5, 0.6) is 0 Å². The van der Waals surface area contributed by atoms with E-state index < -0.39 is 0 Å². The second-order valence-corrected chi connectivity index (χ2v) is 1.38. The summed E-state index contributed by atoms with van der Waals surface area (Å²) in [5.41, 5.74) is 5.65. The van der Waals surface area contributed by atoms with Crippen LogP contribution in [-0.2, 0) is 0 Å². The molecule has 0 spiro atoms. The Morgan fingerprint density at radius 3 is 2.75 bits per heavy atom. The van der Waals surface area contributed by atoms with Gasteiger partial charge in [-0.05, 0) is 0 Å². The Morgan fingerprint density at radius 2 is 2.50 bits per heavy atom. The number of nitrogens with zero attached hydrogens (tertiary/aromatic N) is 3. The van der Waals surface area contributed by atoms with Crippen molar-refractivity contribution in [3.05, 3.63) is 11.4 Å². The van der Waals surface area contributed by atoms with Crippen LogP contribution in [0.1, 0.15) is 0 Å². The van der Waals surface area contributed by atoms with Gasteiger partial charge in [-0.1, -0.05) is 0 Å². The van der Waals surface area contributed by atoms with Crippen molar-refractivity contribution < 1.29 is 0 Å². The summed E-state index contributed by atoms with van der Waals surface area (Å²) < 4.78 is 0. The number of hydrogen-bond acceptors (Lipinski definition) is 4. The lowest BCUT2D eigenvalue weighted by atomic mass is 10.3. The van der Waals surface area contributed by atoms with E-state index in [1.165, 1.54) is 0 Å². The van der Waals surface area contributed by atoms with Crippen LogP contribution in [0, 0.1) is 11.3 Å². The molecule has 0 saturated heterocycles. The van der Waals surface area contributed by atoms with Gasteiger partial charge in [0.2, 0.25) is 0 Å². The van der Waals surface area contributed by atoms with Gasteiger partial charge in [-0.15, -0.1) is 5.11 Å². The third-order valence-corrected chi connectivity index (χ3v) is 0.851. The highest BCUT2D eigenvalue weighted by atomic mass is 15.2. The minimum atomic E-state index is 0.257. The van der Waals surface area contributed by atoms with Gasteiger partial charge in [0.05, 0.1) is 12.1 Å². The molecule has 0 saturated carbocycles. The largest absolute Gasteiger partial charge is 0.381 e. The van der Waals surface area contributed by atoms with Gasteiger partial charge in [-0.25, -0.2) is 0 Å². The molecule has 1 heterocycles. The summed E-state index contributed by atoms with van der Waals surface area (Å²) in [5, 5.41) is 15.2. The van der Waals surface area contributed by atoms with Crippen LogP contribution < -0.4 is 5.73 Å². The smallest absolute Gasteiger partial charge is 0.161 e. The van der Waals surface area contributed by atoms with Crippen molar-refractivity contribution in [2.75, 3.05) is 6.54 Å². The Bertz CT molecular complexity index is 195. The zero-order valence-corrected chi connectivity index (χ0v) is 4.13. The van der Waals surface area contributed by atoms with Gasteiger partial charge in [-0.2, -0.15) is 10.4 Å². The van der Waals surface area contributed by atoms with Crippen LogP contribution in [0.2, 0.25) is 0 Å². The summed E-state index contributed by atoms with van der Waals surface area (Å²) in [5.74, 6) is 0.257. The number of nitrogens with two attached hydrogens (primary N) is 1. The molecule has 4 nitrogen and oxygen atoms in total. The monoisotopic (exact) mass is 108 g/mol. The summed E-state index contributed by atoms with van der Waals surface area (Å²) in [6, 6.07) is 1.88. The highest BCUT2D eigenvalue weighted by Crippen LogP contribution is 2.07. The van der Waals surface area contributed by atoms with Crippen molar-refractivity contribution in [2.45, 2.75) is 0 Å². The van der Waals surface area contributed by atoms with Crippen LogP contribution in [-0.4, -0.2) is 6.54 Å². The average molecular weight is 108 g/mol. The van der Waals surface area contributed by atoms with E-state index in [0.717, 1.165) is 0 Å². The molecule has 0 fully saturated rings. The molecule has 0 atom stereocenters. The predicted molar refractivity (Wildman–Crippen MR) is 26.5 cm³/mol. The van der Waals surface area contributed by atoms with E-state index in [0.29, 0.717) is 12.1 Å². The van der Waals surface area contributed by atoms with Crippen molar-refractivity contribution in [3.63, 3.8) is 0 Å². The lowest BCUT2D eigenvalue weighted by molar-refractivity contribution is 1.09. The van der Waals surface area contributed by atoms with Crippen LogP contribution in [0.4, 0.5) is 0 Å². The minimum Gasteiger partial charge on any atom is -0.381 e. The second-order valence-electron chi connectivity index (χ2n) is 1.38. The first-order valence-electron chi connectivity index (χ1n) is 2.11. The molecule has 0 aliphatic carbocycles. The fourth-order valence-electron chi connectivity index (χ4n) is 0.416. The van der Waals surface area contributed by atoms with Gasteiger partial charge in [0.25, 0.3) is 0 Å². The van der Waals surface area contributed by atoms with Gasteiger partial charge < -0.3 is 5.73 Å². The van der Waals surface area contributed by atoms with Crippen molar-refractivity contribution in [1.29, 1.82) is 5.26 Å². The molecule has 0 radical (unpaired) electrons. The maximum Gasteiger partial charge on any atom is 0.161 e. The number of hydrogen-bond donors (Lipinski definition) is 1. The van der Waals surface area contributed by atoms with E-state index in [2.05, 4.69) is 10.2 Å². The molecule has 8 heavy (non-hydrogen) atoms. The first kappa shape index (κ1) is 4.78. The molecule has 1 rings (SSSR count). The van der Waals surface area contributed by atoms with Gasteiger partial charge in [0.15, 0.2) is 5.82 Å². The molecule has 4 heteroatoms. The quantitative estimate of drug-likeness (QED) is 0.479. The molecular formula is C4H4N4. The topological polar surface area (TPSA) is 74.5 Å². The van der Waals surface area contributed by atoms with Gasteiger partial charge in [0.1, 0.15) is 6.07 Å². The molecule has 1 aliphatic rings. The van der Waals surface area contributed by atoms with Crippen LogP contribution >= 0.6 is 0 Å². The molecule has 40 valence electrons. The minimum absolute atomic E-state index is 0.257. The Hall–Kier alpha value is -1.37. The molecule has 0 bridgehead atoms. The third kappa shape index (κ3) is 0.540. The summed E-state index contributed by atoms with van der Waals surface area (Å²) in [6.07, 6.45) is 0. The average Bonchev–Trinajstić information content (AvgIpc) is 2.14. The molecule has 0 aromatic rings. The zero-order chi connectivity index (χ0) is 5.98. The van der Waals surface area contributed by atoms with Crippen molar-refractivity contribution in [2.24, 2.45) is 16.0 Å². The fourth-order valence-corrected chi connectivity index (χ4v) is 0.416. The molecular weight excluding hydrogens is 104 g/mol. The van der Waals surface area contributed by atoms with E-state index >= 15 is 0 Å². The lowest BCUT2D eigenvalue weighted by Gasteiger charge is -1.80. The third-order valence-electron chi connectivity index (χ3n) is 0.851. The molecule has 0 aromatic heterocycles. The maximum absolute atomic E-state index is 8.23. The van der Waals surface area contributed by atoms with Crippen LogP contribution in [0.3, 0.4) is 0 Å². The molecule has 2 N–H and O–H groups in total. The highest BCUT2D eigenvalue weighted by molar-refractivity contribution is 5.28. The Labute approximate surface area is 46.3 Å².